The SMILES string of the molecule is CC(C)C(CNC(=O)Cc1cccc(N)c1)N(C)C. The lowest BCUT2D eigenvalue weighted by atomic mass is 10.0. The highest BCUT2D eigenvalue weighted by Gasteiger charge is 2.16. The van der Waals surface area contributed by atoms with Crippen LogP contribution in [0.5, 0.6) is 0 Å². The zero-order valence-corrected chi connectivity index (χ0v) is 12.3. The molecule has 0 fully saturated rings. The Balaban J connectivity index is 2.47. The Morgan fingerprint density at radius 2 is 2.05 bits per heavy atom. The number of likely N-dealkylation sites (N-methyl/N-ethyl adjacent to an activating group) is 1. The van der Waals surface area contributed by atoms with Gasteiger partial charge >= 0.3 is 0 Å². The van der Waals surface area contributed by atoms with Gasteiger partial charge in [-0.3, -0.25) is 4.79 Å². The van der Waals surface area contributed by atoms with Crippen LogP contribution >= 0.6 is 0 Å². The molecule has 0 radical (unpaired) electrons. The van der Waals surface area contributed by atoms with Gasteiger partial charge in [0.1, 0.15) is 0 Å². The van der Waals surface area contributed by atoms with Crippen LogP contribution in [-0.4, -0.2) is 37.5 Å². The van der Waals surface area contributed by atoms with Gasteiger partial charge in [-0.05, 0) is 37.7 Å². The maximum atomic E-state index is 11.9. The lowest BCUT2D eigenvalue weighted by molar-refractivity contribution is -0.120. The lowest BCUT2D eigenvalue weighted by Gasteiger charge is -2.28. The summed E-state index contributed by atoms with van der Waals surface area (Å²) < 4.78 is 0. The number of carbonyl (C=O) groups excluding carboxylic acids is 1. The molecule has 0 saturated heterocycles. The first kappa shape index (κ1) is 15.5. The summed E-state index contributed by atoms with van der Waals surface area (Å²) in [4.78, 5) is 14.0. The third kappa shape index (κ3) is 5.30. The Bertz CT molecular complexity index is 408. The van der Waals surface area contributed by atoms with Gasteiger partial charge in [-0.2, -0.15) is 0 Å². The van der Waals surface area contributed by atoms with Gasteiger partial charge in [-0.15, -0.1) is 0 Å². The third-order valence-corrected chi connectivity index (χ3v) is 3.26. The van der Waals surface area contributed by atoms with Crippen LogP contribution in [0.2, 0.25) is 0 Å². The van der Waals surface area contributed by atoms with Crippen molar-refractivity contribution in [1.82, 2.24) is 10.2 Å². The summed E-state index contributed by atoms with van der Waals surface area (Å²) in [6, 6.07) is 7.80. The van der Waals surface area contributed by atoms with Crippen LogP contribution < -0.4 is 11.1 Å². The number of nitrogens with one attached hydrogen (secondary N) is 1. The van der Waals surface area contributed by atoms with Gasteiger partial charge in [0.05, 0.1) is 6.42 Å². The van der Waals surface area contributed by atoms with Crippen molar-refractivity contribution < 1.29 is 4.79 Å². The first-order chi connectivity index (χ1) is 8.90. The van der Waals surface area contributed by atoms with Gasteiger partial charge in [0.25, 0.3) is 0 Å². The number of hydrogen-bond donors (Lipinski definition) is 2. The quantitative estimate of drug-likeness (QED) is 0.765. The monoisotopic (exact) mass is 263 g/mol. The molecule has 1 atom stereocenters. The van der Waals surface area contributed by atoms with Crippen LogP contribution in [-0.2, 0) is 11.2 Å². The molecule has 0 spiro atoms. The zero-order chi connectivity index (χ0) is 14.4. The molecule has 1 unspecified atom stereocenters. The van der Waals surface area contributed by atoms with Crippen LogP contribution in [0.3, 0.4) is 0 Å². The molecule has 1 aromatic carbocycles. The second-order valence-corrected chi connectivity index (χ2v) is 5.50. The molecule has 1 aromatic rings. The predicted molar refractivity (Wildman–Crippen MR) is 79.9 cm³/mol. The maximum absolute atomic E-state index is 11.9. The molecule has 19 heavy (non-hydrogen) atoms. The number of nitrogens with two attached hydrogens (primary N) is 1. The van der Waals surface area contributed by atoms with E-state index in [2.05, 4.69) is 24.1 Å². The Labute approximate surface area is 116 Å². The number of rotatable bonds is 6. The van der Waals surface area contributed by atoms with Gasteiger partial charge in [0.2, 0.25) is 5.91 Å². The highest BCUT2D eigenvalue weighted by molar-refractivity contribution is 5.78. The predicted octanol–water partition coefficient (Wildman–Crippen LogP) is 1.51. The number of amides is 1. The molecule has 3 N–H and O–H groups in total. The smallest absolute Gasteiger partial charge is 0.224 e. The number of hydrogen-bond acceptors (Lipinski definition) is 3. The molecule has 0 aliphatic heterocycles. The Kier molecular flexibility index (Phi) is 5.83. The highest BCUT2D eigenvalue weighted by atomic mass is 16.1. The molecule has 0 heterocycles. The molecular formula is C15H25N3O. The van der Waals surface area contributed by atoms with Crippen molar-refractivity contribution in [2.45, 2.75) is 26.3 Å². The fraction of sp³-hybridized carbons (Fsp3) is 0.533. The second kappa shape index (κ2) is 7.14. The maximum Gasteiger partial charge on any atom is 0.224 e. The third-order valence-electron chi connectivity index (χ3n) is 3.26. The summed E-state index contributed by atoms with van der Waals surface area (Å²) in [5, 5.41) is 2.99. The average Bonchev–Trinajstić information content (AvgIpc) is 2.27. The Hall–Kier alpha value is -1.55. The molecule has 106 valence electrons. The normalized spacial score (nSPS) is 12.7. The molecule has 4 nitrogen and oxygen atoms in total. The van der Waals surface area contributed by atoms with Crippen LogP contribution in [0.15, 0.2) is 24.3 Å². The average molecular weight is 263 g/mol. The summed E-state index contributed by atoms with van der Waals surface area (Å²) in [5.41, 5.74) is 7.34. The van der Waals surface area contributed by atoms with Gasteiger partial charge in [0.15, 0.2) is 0 Å². The van der Waals surface area contributed by atoms with E-state index in [-0.39, 0.29) is 5.91 Å². The summed E-state index contributed by atoms with van der Waals surface area (Å²) in [6.07, 6.45) is 0.378. The van der Waals surface area contributed by atoms with Crippen molar-refractivity contribution in [3.05, 3.63) is 29.8 Å². The summed E-state index contributed by atoms with van der Waals surface area (Å²) in [6.45, 7) is 5.00. The van der Waals surface area contributed by atoms with Crippen molar-refractivity contribution in [3.63, 3.8) is 0 Å². The summed E-state index contributed by atoms with van der Waals surface area (Å²) >= 11 is 0. The molecular weight excluding hydrogens is 238 g/mol. The van der Waals surface area contributed by atoms with Crippen LogP contribution in [0.4, 0.5) is 5.69 Å². The fourth-order valence-electron chi connectivity index (χ4n) is 2.18. The molecule has 4 heteroatoms. The molecule has 0 bridgehead atoms. The van der Waals surface area contributed by atoms with E-state index in [1.807, 2.05) is 38.4 Å². The number of carbonyl (C=O) groups is 1. The molecule has 0 saturated carbocycles. The van der Waals surface area contributed by atoms with Crippen molar-refractivity contribution in [1.29, 1.82) is 0 Å². The van der Waals surface area contributed by atoms with E-state index in [0.29, 0.717) is 30.6 Å². The van der Waals surface area contributed by atoms with Crippen LogP contribution in [0, 0.1) is 5.92 Å². The highest BCUT2D eigenvalue weighted by Crippen LogP contribution is 2.08. The number of nitrogen functional groups attached to an aromatic ring is 1. The van der Waals surface area contributed by atoms with Crippen molar-refractivity contribution in [2.24, 2.45) is 5.92 Å². The van der Waals surface area contributed by atoms with E-state index >= 15 is 0 Å². The Morgan fingerprint density at radius 3 is 2.58 bits per heavy atom. The van der Waals surface area contributed by atoms with Crippen LogP contribution in [0.1, 0.15) is 19.4 Å². The van der Waals surface area contributed by atoms with E-state index in [4.69, 9.17) is 5.73 Å². The standard InChI is InChI=1S/C15H25N3O/c1-11(2)14(18(3)4)10-17-15(19)9-12-6-5-7-13(16)8-12/h5-8,11,14H,9-10,16H2,1-4H3,(H,17,19). The van der Waals surface area contributed by atoms with Crippen molar-refractivity contribution in [3.8, 4) is 0 Å². The Morgan fingerprint density at radius 1 is 1.37 bits per heavy atom. The van der Waals surface area contributed by atoms with Gasteiger partial charge in [-0.25, -0.2) is 0 Å². The number of nitrogens with zero attached hydrogens (tertiary/aromatic N) is 1. The van der Waals surface area contributed by atoms with Crippen molar-refractivity contribution >= 4 is 11.6 Å². The van der Waals surface area contributed by atoms with E-state index < -0.39 is 0 Å². The molecule has 1 amide bonds. The fourth-order valence-corrected chi connectivity index (χ4v) is 2.18. The van der Waals surface area contributed by atoms with Gasteiger partial charge in [0, 0.05) is 18.3 Å². The number of benzene rings is 1. The minimum absolute atomic E-state index is 0.0399. The molecule has 1 rings (SSSR count). The second-order valence-electron chi connectivity index (χ2n) is 5.50. The van der Waals surface area contributed by atoms with E-state index in [1.54, 1.807) is 0 Å². The summed E-state index contributed by atoms with van der Waals surface area (Å²) in [7, 11) is 4.07. The minimum Gasteiger partial charge on any atom is -0.399 e. The van der Waals surface area contributed by atoms with E-state index in [9.17, 15) is 4.79 Å². The molecule has 0 aliphatic rings. The lowest BCUT2D eigenvalue weighted by Crippen LogP contribution is -2.43. The number of anilines is 1. The van der Waals surface area contributed by atoms with Gasteiger partial charge < -0.3 is 16.0 Å². The van der Waals surface area contributed by atoms with E-state index in [1.165, 1.54) is 0 Å². The molecule has 0 aromatic heterocycles. The first-order valence-electron chi connectivity index (χ1n) is 6.67. The van der Waals surface area contributed by atoms with E-state index in [0.717, 1.165) is 5.56 Å². The molecule has 0 aliphatic carbocycles. The van der Waals surface area contributed by atoms with Crippen molar-refractivity contribution in [2.75, 3.05) is 26.4 Å². The zero-order valence-electron chi connectivity index (χ0n) is 12.3. The topological polar surface area (TPSA) is 58.4 Å². The minimum atomic E-state index is 0.0399. The summed E-state index contributed by atoms with van der Waals surface area (Å²) in [5.74, 6) is 0.542. The van der Waals surface area contributed by atoms with Gasteiger partial charge in [-0.1, -0.05) is 26.0 Å². The van der Waals surface area contributed by atoms with Crippen LogP contribution in [0.25, 0.3) is 0 Å². The first-order valence-corrected chi connectivity index (χ1v) is 6.67. The largest absolute Gasteiger partial charge is 0.399 e.